The predicted molar refractivity (Wildman–Crippen MR) is 113 cm³/mol. The summed E-state index contributed by atoms with van der Waals surface area (Å²) in [5.74, 6) is 0.823. The van der Waals surface area contributed by atoms with E-state index >= 15 is 0 Å². The maximum absolute atomic E-state index is 6.03. The van der Waals surface area contributed by atoms with Gasteiger partial charge >= 0.3 is 0 Å². The van der Waals surface area contributed by atoms with Gasteiger partial charge in [-0.05, 0) is 31.6 Å². The Labute approximate surface area is 162 Å². The maximum atomic E-state index is 6.03. The van der Waals surface area contributed by atoms with E-state index in [9.17, 15) is 0 Å². The minimum Gasteiger partial charge on any atom is -0.324 e. The van der Waals surface area contributed by atoms with Crippen LogP contribution in [0.4, 0.5) is 0 Å². The lowest BCUT2D eigenvalue weighted by atomic mass is 9.76. The number of nitrogens with two attached hydrogens (primary N) is 1. The first-order chi connectivity index (χ1) is 13.1. The van der Waals surface area contributed by atoms with Gasteiger partial charge in [-0.25, -0.2) is 5.01 Å². The minimum absolute atomic E-state index is 0.227. The highest BCUT2D eigenvalue weighted by atomic mass is 15.5. The molecule has 2 aromatic rings. The van der Waals surface area contributed by atoms with Gasteiger partial charge in [-0.1, -0.05) is 67.6 Å². The lowest BCUT2D eigenvalue weighted by Gasteiger charge is -2.27. The van der Waals surface area contributed by atoms with Crippen LogP contribution in [0.5, 0.6) is 0 Å². The molecule has 1 aliphatic rings. The highest BCUT2D eigenvalue weighted by Crippen LogP contribution is 2.35. The third-order valence-electron chi connectivity index (χ3n) is 5.18. The molecule has 0 aliphatic carbocycles. The fourth-order valence-electron chi connectivity index (χ4n) is 3.35. The van der Waals surface area contributed by atoms with E-state index in [1.807, 2.05) is 24.2 Å². The van der Waals surface area contributed by atoms with Crippen LogP contribution in [0.25, 0.3) is 0 Å². The predicted octanol–water partition coefficient (Wildman–Crippen LogP) is 2.93. The van der Waals surface area contributed by atoms with Crippen molar-refractivity contribution in [1.82, 2.24) is 9.91 Å². The SMILES string of the molecule is CCN(C)CN=C(CN)N1CC(C)(c2ccccc2)C(c2ccccc2)=N1. The van der Waals surface area contributed by atoms with Gasteiger partial charge in [-0.2, -0.15) is 5.10 Å². The number of rotatable bonds is 6. The summed E-state index contributed by atoms with van der Waals surface area (Å²) in [6.45, 7) is 7.03. The van der Waals surface area contributed by atoms with E-state index in [1.54, 1.807) is 0 Å². The lowest BCUT2D eigenvalue weighted by Crippen LogP contribution is -2.39. The smallest absolute Gasteiger partial charge is 0.135 e. The van der Waals surface area contributed by atoms with Crippen LogP contribution in [-0.4, -0.2) is 54.8 Å². The van der Waals surface area contributed by atoms with Crippen LogP contribution >= 0.6 is 0 Å². The standard InChI is InChI=1S/C22H29N5/c1-4-26(3)17-24-20(15-23)27-16-22(2,19-13-9-6-10-14-19)21(25-27)18-11-7-5-8-12-18/h5-14H,4,15-17,23H2,1-3H3. The molecule has 1 heterocycles. The van der Waals surface area contributed by atoms with Crippen molar-refractivity contribution in [1.29, 1.82) is 0 Å². The van der Waals surface area contributed by atoms with Crippen molar-refractivity contribution in [2.75, 3.05) is 33.4 Å². The Morgan fingerprint density at radius 3 is 2.37 bits per heavy atom. The van der Waals surface area contributed by atoms with Crippen LogP contribution in [0.1, 0.15) is 25.0 Å². The van der Waals surface area contributed by atoms with E-state index in [2.05, 4.69) is 67.3 Å². The zero-order valence-corrected chi connectivity index (χ0v) is 16.5. The van der Waals surface area contributed by atoms with Gasteiger partial charge in [0.1, 0.15) is 5.84 Å². The molecular weight excluding hydrogens is 334 g/mol. The Balaban J connectivity index is 2.00. The number of hydrogen-bond acceptors (Lipinski definition) is 4. The maximum Gasteiger partial charge on any atom is 0.135 e. The van der Waals surface area contributed by atoms with Gasteiger partial charge in [-0.3, -0.25) is 9.89 Å². The summed E-state index contributed by atoms with van der Waals surface area (Å²) in [6.07, 6.45) is 0. The second-order valence-corrected chi connectivity index (χ2v) is 7.16. The van der Waals surface area contributed by atoms with Crippen LogP contribution in [0.2, 0.25) is 0 Å². The van der Waals surface area contributed by atoms with Crippen LogP contribution in [-0.2, 0) is 5.41 Å². The van der Waals surface area contributed by atoms with E-state index in [0.717, 1.165) is 30.2 Å². The average Bonchev–Trinajstić information content (AvgIpc) is 3.08. The third kappa shape index (κ3) is 4.10. The zero-order chi connectivity index (χ0) is 19.3. The normalized spacial score (nSPS) is 20.3. The molecule has 0 fully saturated rings. The fourth-order valence-corrected chi connectivity index (χ4v) is 3.35. The van der Waals surface area contributed by atoms with Gasteiger partial charge in [0.05, 0.1) is 30.9 Å². The highest BCUT2D eigenvalue weighted by Gasteiger charge is 2.41. The molecule has 0 spiro atoms. The molecule has 142 valence electrons. The first-order valence-electron chi connectivity index (χ1n) is 9.48. The molecule has 0 aromatic heterocycles. The molecule has 5 nitrogen and oxygen atoms in total. The van der Waals surface area contributed by atoms with Crippen molar-refractivity contribution < 1.29 is 0 Å². The molecule has 2 aromatic carbocycles. The second-order valence-electron chi connectivity index (χ2n) is 7.16. The molecule has 5 heteroatoms. The number of hydrazone groups is 1. The Morgan fingerprint density at radius 2 is 1.78 bits per heavy atom. The van der Waals surface area contributed by atoms with Crippen molar-refractivity contribution in [3.63, 3.8) is 0 Å². The van der Waals surface area contributed by atoms with E-state index in [4.69, 9.17) is 15.8 Å². The van der Waals surface area contributed by atoms with Gasteiger partial charge < -0.3 is 5.73 Å². The number of nitrogens with zero attached hydrogens (tertiary/aromatic N) is 4. The minimum atomic E-state index is -0.227. The van der Waals surface area contributed by atoms with Gasteiger partial charge in [0.15, 0.2) is 0 Å². The molecule has 3 rings (SSSR count). The second kappa shape index (κ2) is 8.46. The van der Waals surface area contributed by atoms with Gasteiger partial charge in [0.25, 0.3) is 0 Å². The molecule has 1 atom stereocenters. The summed E-state index contributed by atoms with van der Waals surface area (Å²) in [7, 11) is 2.05. The summed E-state index contributed by atoms with van der Waals surface area (Å²) in [4.78, 5) is 6.86. The molecule has 0 radical (unpaired) electrons. The molecule has 27 heavy (non-hydrogen) atoms. The molecule has 0 saturated heterocycles. The molecule has 0 amide bonds. The van der Waals surface area contributed by atoms with Crippen molar-refractivity contribution >= 4 is 11.5 Å². The number of amidine groups is 1. The molecule has 0 saturated carbocycles. The van der Waals surface area contributed by atoms with Crippen molar-refractivity contribution in [3.05, 3.63) is 71.8 Å². The number of benzene rings is 2. The van der Waals surface area contributed by atoms with Crippen molar-refractivity contribution in [3.8, 4) is 0 Å². The Morgan fingerprint density at radius 1 is 1.15 bits per heavy atom. The highest BCUT2D eigenvalue weighted by molar-refractivity contribution is 6.10. The van der Waals surface area contributed by atoms with E-state index in [0.29, 0.717) is 13.2 Å². The van der Waals surface area contributed by atoms with Crippen molar-refractivity contribution in [2.45, 2.75) is 19.3 Å². The quantitative estimate of drug-likeness (QED) is 0.634. The molecular formula is C22H29N5. The number of hydrogen-bond donors (Lipinski definition) is 1. The third-order valence-corrected chi connectivity index (χ3v) is 5.18. The van der Waals surface area contributed by atoms with Crippen molar-refractivity contribution in [2.24, 2.45) is 15.8 Å². The van der Waals surface area contributed by atoms with E-state index in [1.165, 1.54) is 5.56 Å². The summed E-state index contributed by atoms with van der Waals surface area (Å²) >= 11 is 0. The molecule has 1 aliphatic heterocycles. The van der Waals surface area contributed by atoms with Crippen LogP contribution in [0.15, 0.2) is 70.8 Å². The topological polar surface area (TPSA) is 57.2 Å². The Kier molecular flexibility index (Phi) is 6.04. The Bertz CT molecular complexity index is 800. The van der Waals surface area contributed by atoms with E-state index in [-0.39, 0.29) is 5.41 Å². The fraction of sp³-hybridized carbons (Fsp3) is 0.364. The zero-order valence-electron chi connectivity index (χ0n) is 16.5. The molecule has 0 bridgehead atoms. The summed E-state index contributed by atoms with van der Waals surface area (Å²) in [6, 6.07) is 20.9. The molecule has 1 unspecified atom stereocenters. The largest absolute Gasteiger partial charge is 0.324 e. The van der Waals surface area contributed by atoms with Crippen LogP contribution in [0, 0.1) is 0 Å². The monoisotopic (exact) mass is 363 g/mol. The summed E-state index contributed by atoms with van der Waals surface area (Å²) in [5, 5.41) is 6.97. The Hall–Kier alpha value is -2.50. The van der Waals surface area contributed by atoms with Gasteiger partial charge in [-0.15, -0.1) is 0 Å². The number of aliphatic imine (C=N–C) groups is 1. The summed E-state index contributed by atoms with van der Waals surface area (Å²) < 4.78 is 0. The average molecular weight is 364 g/mol. The van der Waals surface area contributed by atoms with Gasteiger partial charge in [0.2, 0.25) is 0 Å². The first-order valence-corrected chi connectivity index (χ1v) is 9.48. The first kappa shape index (κ1) is 19.3. The lowest BCUT2D eigenvalue weighted by molar-refractivity contribution is 0.358. The van der Waals surface area contributed by atoms with E-state index < -0.39 is 0 Å². The summed E-state index contributed by atoms with van der Waals surface area (Å²) in [5.41, 5.74) is 9.24. The molecule has 2 N–H and O–H groups in total. The van der Waals surface area contributed by atoms with Crippen LogP contribution < -0.4 is 5.73 Å². The van der Waals surface area contributed by atoms with Crippen LogP contribution in [0.3, 0.4) is 0 Å². The van der Waals surface area contributed by atoms with Gasteiger partial charge in [0, 0.05) is 0 Å².